The predicted molar refractivity (Wildman–Crippen MR) is 116 cm³/mol. The van der Waals surface area contributed by atoms with E-state index in [9.17, 15) is 13.9 Å². The van der Waals surface area contributed by atoms with E-state index in [-0.39, 0.29) is 18.7 Å². The van der Waals surface area contributed by atoms with Crippen molar-refractivity contribution in [3.05, 3.63) is 88.2 Å². The number of hydrogen-bond acceptors (Lipinski definition) is 6. The summed E-state index contributed by atoms with van der Waals surface area (Å²) in [7, 11) is 0. The van der Waals surface area contributed by atoms with E-state index in [1.54, 1.807) is 31.3 Å². The first-order chi connectivity index (χ1) is 15.8. The molecule has 33 heavy (non-hydrogen) atoms. The Balaban J connectivity index is 1.54. The Kier molecular flexibility index (Phi) is 6.71. The highest BCUT2D eigenvalue weighted by Gasteiger charge is 2.40. The lowest BCUT2D eigenvalue weighted by Gasteiger charge is -2.34. The molecule has 2 aromatic heterocycles. The molecule has 0 fully saturated rings. The molecular weight excluding hydrogens is 477 g/mol. The Hall–Kier alpha value is -2.92. The van der Waals surface area contributed by atoms with Gasteiger partial charge in [0.1, 0.15) is 35.6 Å². The first-order valence-corrected chi connectivity index (χ1v) is 10.5. The Bertz CT molecular complexity index is 1250. The number of nitrogens with zero attached hydrogens (tertiary/aromatic N) is 6. The second kappa shape index (κ2) is 9.52. The van der Waals surface area contributed by atoms with E-state index in [2.05, 4.69) is 20.4 Å². The molecule has 0 spiro atoms. The standard InChI is InChI=1S/C21H18Cl2F2N6O2/c1-13(33-9-15-8-31(29-28-15)16-3-5-18(22)19(23)7-16)21(32,10-30-12-26-11-27-30)17-4-2-14(24)6-20(17)25/h2-8,11-13,32H,9-10H2,1H3/t13-,21-/m1/s1. The topological polar surface area (TPSA) is 90.9 Å². The van der Waals surface area contributed by atoms with Crippen LogP contribution in [0.3, 0.4) is 0 Å². The van der Waals surface area contributed by atoms with E-state index in [0.29, 0.717) is 27.5 Å². The van der Waals surface area contributed by atoms with E-state index in [1.807, 2.05) is 0 Å². The molecule has 0 aliphatic heterocycles. The van der Waals surface area contributed by atoms with Crippen molar-refractivity contribution in [1.29, 1.82) is 0 Å². The van der Waals surface area contributed by atoms with Crippen LogP contribution in [0, 0.1) is 11.6 Å². The fraction of sp³-hybridized carbons (Fsp3) is 0.238. The Morgan fingerprint density at radius 1 is 1.15 bits per heavy atom. The fourth-order valence-corrected chi connectivity index (χ4v) is 3.59. The van der Waals surface area contributed by atoms with Crippen molar-refractivity contribution in [2.45, 2.75) is 31.8 Å². The largest absolute Gasteiger partial charge is 0.380 e. The molecule has 12 heteroatoms. The second-order valence-electron chi connectivity index (χ2n) is 7.35. The second-order valence-corrected chi connectivity index (χ2v) is 8.16. The molecule has 0 aliphatic rings. The van der Waals surface area contributed by atoms with Crippen LogP contribution in [-0.4, -0.2) is 41.0 Å². The minimum atomic E-state index is -1.88. The maximum absolute atomic E-state index is 14.6. The maximum atomic E-state index is 14.6. The van der Waals surface area contributed by atoms with Gasteiger partial charge in [-0.1, -0.05) is 34.5 Å². The summed E-state index contributed by atoms with van der Waals surface area (Å²) in [6, 6.07) is 7.96. The molecule has 8 nitrogen and oxygen atoms in total. The lowest BCUT2D eigenvalue weighted by Crippen LogP contribution is -2.44. The number of aromatic nitrogens is 6. The average molecular weight is 495 g/mol. The van der Waals surface area contributed by atoms with Crippen molar-refractivity contribution in [2.75, 3.05) is 0 Å². The quantitative estimate of drug-likeness (QED) is 0.399. The third-order valence-electron chi connectivity index (χ3n) is 5.13. The van der Waals surface area contributed by atoms with Crippen molar-refractivity contribution in [3.63, 3.8) is 0 Å². The van der Waals surface area contributed by atoms with Crippen LogP contribution in [0.15, 0.2) is 55.2 Å². The first kappa shape index (κ1) is 23.2. The maximum Gasteiger partial charge on any atom is 0.138 e. The molecule has 2 aromatic carbocycles. The molecule has 4 rings (SSSR count). The molecule has 0 aliphatic carbocycles. The monoisotopic (exact) mass is 494 g/mol. The van der Waals surface area contributed by atoms with Crippen LogP contribution in [0.1, 0.15) is 18.2 Å². The van der Waals surface area contributed by atoms with Gasteiger partial charge in [0, 0.05) is 11.6 Å². The molecule has 2 atom stereocenters. The lowest BCUT2D eigenvalue weighted by molar-refractivity contribution is -0.124. The van der Waals surface area contributed by atoms with E-state index in [1.165, 1.54) is 28.1 Å². The van der Waals surface area contributed by atoms with Crippen LogP contribution in [0.5, 0.6) is 0 Å². The highest BCUT2D eigenvalue weighted by atomic mass is 35.5. The molecule has 0 saturated heterocycles. The van der Waals surface area contributed by atoms with Gasteiger partial charge in [-0.3, -0.25) is 0 Å². The number of rotatable bonds is 8. The summed E-state index contributed by atoms with van der Waals surface area (Å²) in [5, 5.41) is 24.3. The molecular formula is C21H18Cl2F2N6O2. The van der Waals surface area contributed by atoms with Gasteiger partial charge in [-0.2, -0.15) is 5.10 Å². The van der Waals surface area contributed by atoms with E-state index in [0.717, 1.165) is 6.07 Å². The zero-order chi connectivity index (χ0) is 23.6. The lowest BCUT2D eigenvalue weighted by atomic mass is 9.88. The minimum absolute atomic E-state index is 0.0367. The van der Waals surface area contributed by atoms with E-state index >= 15 is 0 Å². The zero-order valence-electron chi connectivity index (χ0n) is 17.2. The molecule has 1 N–H and O–H groups in total. The molecule has 0 bridgehead atoms. The fourth-order valence-electron chi connectivity index (χ4n) is 3.30. The summed E-state index contributed by atoms with van der Waals surface area (Å²) in [5.41, 5.74) is -0.917. The Morgan fingerprint density at radius 3 is 2.67 bits per heavy atom. The highest BCUT2D eigenvalue weighted by Crippen LogP contribution is 2.32. The molecule has 172 valence electrons. The summed E-state index contributed by atoms with van der Waals surface area (Å²) in [6.07, 6.45) is 3.34. The summed E-state index contributed by atoms with van der Waals surface area (Å²) >= 11 is 12.0. The Labute approximate surface area is 197 Å². The van der Waals surface area contributed by atoms with Gasteiger partial charge in [0.05, 0.1) is 41.2 Å². The number of benzene rings is 2. The van der Waals surface area contributed by atoms with Crippen molar-refractivity contribution in [1.82, 2.24) is 29.8 Å². The third-order valence-corrected chi connectivity index (χ3v) is 5.87. The van der Waals surface area contributed by atoms with Crippen molar-refractivity contribution in [2.24, 2.45) is 0 Å². The molecule has 0 unspecified atom stereocenters. The predicted octanol–water partition coefficient (Wildman–Crippen LogP) is 3.94. The van der Waals surface area contributed by atoms with Gasteiger partial charge < -0.3 is 9.84 Å². The van der Waals surface area contributed by atoms with Gasteiger partial charge in [0.25, 0.3) is 0 Å². The van der Waals surface area contributed by atoms with E-state index < -0.39 is 23.3 Å². The normalized spacial score (nSPS) is 14.2. The summed E-state index contributed by atoms with van der Waals surface area (Å²) in [6.45, 7) is 1.36. The molecule has 0 radical (unpaired) electrons. The van der Waals surface area contributed by atoms with Gasteiger partial charge in [-0.15, -0.1) is 5.10 Å². The van der Waals surface area contributed by atoms with Crippen LogP contribution in [0.25, 0.3) is 5.69 Å². The summed E-state index contributed by atoms with van der Waals surface area (Å²) < 4.78 is 36.7. The van der Waals surface area contributed by atoms with Crippen molar-refractivity contribution in [3.8, 4) is 5.69 Å². The smallest absolute Gasteiger partial charge is 0.138 e. The third kappa shape index (κ3) is 5.03. The first-order valence-electron chi connectivity index (χ1n) is 9.75. The molecule has 0 amide bonds. The zero-order valence-corrected chi connectivity index (χ0v) is 18.8. The number of ether oxygens (including phenoxy) is 1. The minimum Gasteiger partial charge on any atom is -0.380 e. The van der Waals surface area contributed by atoms with Crippen molar-refractivity contribution >= 4 is 23.2 Å². The van der Waals surface area contributed by atoms with Gasteiger partial charge in [-0.05, 0) is 31.2 Å². The van der Waals surface area contributed by atoms with Crippen LogP contribution >= 0.6 is 23.2 Å². The van der Waals surface area contributed by atoms with Crippen LogP contribution in [0.2, 0.25) is 10.0 Å². The van der Waals surface area contributed by atoms with Gasteiger partial charge in [-0.25, -0.2) is 23.1 Å². The van der Waals surface area contributed by atoms with Crippen molar-refractivity contribution < 1.29 is 18.6 Å². The molecule has 4 aromatic rings. The average Bonchev–Trinajstić information content (AvgIpc) is 3.46. The summed E-state index contributed by atoms with van der Waals surface area (Å²) in [4.78, 5) is 3.84. The number of hydrogen-bond donors (Lipinski definition) is 1. The van der Waals surface area contributed by atoms with Gasteiger partial charge in [0.2, 0.25) is 0 Å². The highest BCUT2D eigenvalue weighted by molar-refractivity contribution is 6.42. The SMILES string of the molecule is C[C@@H](OCc1cn(-c2ccc(Cl)c(Cl)c2)nn1)[C@](O)(Cn1cncn1)c1ccc(F)cc1F. The number of aliphatic hydroxyl groups is 1. The molecule has 2 heterocycles. The molecule has 0 saturated carbocycles. The number of halogens is 4. The van der Waals surface area contributed by atoms with Crippen LogP contribution in [0.4, 0.5) is 8.78 Å². The van der Waals surface area contributed by atoms with Gasteiger partial charge >= 0.3 is 0 Å². The Morgan fingerprint density at radius 2 is 1.97 bits per heavy atom. The van der Waals surface area contributed by atoms with E-state index in [4.69, 9.17) is 27.9 Å². The summed E-state index contributed by atoms with van der Waals surface area (Å²) in [5.74, 6) is -1.66. The van der Waals surface area contributed by atoms with Gasteiger partial charge in [0.15, 0.2) is 0 Å². The van der Waals surface area contributed by atoms with Crippen LogP contribution < -0.4 is 0 Å². The van der Waals surface area contributed by atoms with Crippen LogP contribution in [-0.2, 0) is 23.5 Å².